The SMILES string of the molecule is CCn1ncc(Cl)c1C(=O)c1ccc(C)cc1Br. The van der Waals surface area contributed by atoms with Crippen molar-refractivity contribution in [3.8, 4) is 0 Å². The van der Waals surface area contributed by atoms with Crippen molar-refractivity contribution >= 4 is 33.3 Å². The average molecular weight is 328 g/mol. The van der Waals surface area contributed by atoms with Gasteiger partial charge in [-0.05, 0) is 31.5 Å². The van der Waals surface area contributed by atoms with Gasteiger partial charge in [0, 0.05) is 16.6 Å². The number of aryl methyl sites for hydroxylation is 2. The Labute approximate surface area is 119 Å². The summed E-state index contributed by atoms with van der Waals surface area (Å²) in [6.45, 7) is 4.50. The van der Waals surface area contributed by atoms with E-state index in [4.69, 9.17) is 11.6 Å². The van der Waals surface area contributed by atoms with Gasteiger partial charge in [-0.15, -0.1) is 0 Å². The highest BCUT2D eigenvalue weighted by molar-refractivity contribution is 9.10. The predicted octanol–water partition coefficient (Wildman–Crippen LogP) is 3.86. The van der Waals surface area contributed by atoms with E-state index in [9.17, 15) is 4.79 Å². The Morgan fingerprint density at radius 2 is 2.22 bits per heavy atom. The number of carbonyl (C=O) groups excluding carboxylic acids is 1. The van der Waals surface area contributed by atoms with Gasteiger partial charge in [0.25, 0.3) is 0 Å². The molecule has 0 amide bonds. The summed E-state index contributed by atoms with van der Waals surface area (Å²) in [5, 5.41) is 4.46. The molecule has 0 saturated heterocycles. The molecule has 0 bridgehead atoms. The Hall–Kier alpha value is -1.13. The monoisotopic (exact) mass is 326 g/mol. The van der Waals surface area contributed by atoms with Gasteiger partial charge in [-0.1, -0.05) is 33.6 Å². The molecule has 5 heteroatoms. The Balaban J connectivity index is 2.51. The number of hydrogen-bond acceptors (Lipinski definition) is 2. The first-order chi connectivity index (χ1) is 8.54. The van der Waals surface area contributed by atoms with Crippen LogP contribution in [-0.2, 0) is 6.54 Å². The summed E-state index contributed by atoms with van der Waals surface area (Å²) in [6, 6.07) is 5.61. The second-order valence-corrected chi connectivity index (χ2v) is 5.23. The fourth-order valence-corrected chi connectivity index (χ4v) is 2.66. The summed E-state index contributed by atoms with van der Waals surface area (Å²) in [5.41, 5.74) is 2.12. The van der Waals surface area contributed by atoms with E-state index in [1.165, 1.54) is 6.20 Å². The van der Waals surface area contributed by atoms with Crippen LogP contribution in [-0.4, -0.2) is 15.6 Å². The molecule has 2 rings (SSSR count). The van der Waals surface area contributed by atoms with Crippen LogP contribution in [0.4, 0.5) is 0 Å². The minimum Gasteiger partial charge on any atom is -0.287 e. The number of halogens is 2. The topological polar surface area (TPSA) is 34.9 Å². The van der Waals surface area contributed by atoms with Gasteiger partial charge in [0.2, 0.25) is 5.78 Å². The van der Waals surface area contributed by atoms with Crippen LogP contribution >= 0.6 is 27.5 Å². The summed E-state index contributed by atoms with van der Waals surface area (Å²) in [4.78, 5) is 12.5. The first-order valence-electron chi connectivity index (χ1n) is 5.56. The molecule has 0 spiro atoms. The van der Waals surface area contributed by atoms with Gasteiger partial charge < -0.3 is 0 Å². The lowest BCUT2D eigenvalue weighted by molar-refractivity contribution is 0.102. The summed E-state index contributed by atoms with van der Waals surface area (Å²) >= 11 is 9.44. The van der Waals surface area contributed by atoms with E-state index < -0.39 is 0 Å². The second kappa shape index (κ2) is 5.24. The number of aromatic nitrogens is 2. The van der Waals surface area contributed by atoms with Crippen LogP contribution in [0.5, 0.6) is 0 Å². The van der Waals surface area contributed by atoms with Gasteiger partial charge in [0.05, 0.1) is 11.2 Å². The highest BCUT2D eigenvalue weighted by Gasteiger charge is 2.20. The number of nitrogens with zero attached hydrogens (tertiary/aromatic N) is 2. The van der Waals surface area contributed by atoms with Gasteiger partial charge in [-0.25, -0.2) is 0 Å². The molecule has 0 radical (unpaired) electrons. The molecule has 94 valence electrons. The first kappa shape index (κ1) is 13.3. The van der Waals surface area contributed by atoms with Crippen molar-refractivity contribution in [3.63, 3.8) is 0 Å². The quantitative estimate of drug-likeness (QED) is 0.802. The fourth-order valence-electron chi connectivity index (χ4n) is 1.76. The van der Waals surface area contributed by atoms with Gasteiger partial charge in [-0.2, -0.15) is 5.10 Å². The number of benzene rings is 1. The highest BCUT2D eigenvalue weighted by atomic mass is 79.9. The summed E-state index contributed by atoms with van der Waals surface area (Å²) in [7, 11) is 0. The van der Waals surface area contributed by atoms with Crippen molar-refractivity contribution < 1.29 is 4.79 Å². The number of rotatable bonds is 3. The summed E-state index contributed by atoms with van der Waals surface area (Å²) in [5.74, 6) is -0.119. The van der Waals surface area contributed by atoms with Crippen LogP contribution in [0.2, 0.25) is 5.02 Å². The molecule has 0 atom stereocenters. The summed E-state index contributed by atoms with van der Waals surface area (Å²) < 4.78 is 2.38. The molecule has 0 aliphatic heterocycles. The van der Waals surface area contributed by atoms with Gasteiger partial charge in [-0.3, -0.25) is 9.48 Å². The lowest BCUT2D eigenvalue weighted by Gasteiger charge is -2.07. The minimum absolute atomic E-state index is 0.119. The van der Waals surface area contributed by atoms with Crippen LogP contribution in [0.25, 0.3) is 0 Å². The van der Waals surface area contributed by atoms with Crippen molar-refractivity contribution in [2.24, 2.45) is 0 Å². The highest BCUT2D eigenvalue weighted by Crippen LogP contribution is 2.25. The van der Waals surface area contributed by atoms with Crippen LogP contribution in [0.3, 0.4) is 0 Å². The van der Waals surface area contributed by atoms with Crippen molar-refractivity contribution in [1.29, 1.82) is 0 Å². The van der Waals surface area contributed by atoms with Crippen molar-refractivity contribution in [2.45, 2.75) is 20.4 Å². The molecule has 2 aromatic rings. The normalized spacial score (nSPS) is 10.7. The molecule has 1 aromatic heterocycles. The van der Waals surface area contributed by atoms with E-state index in [1.807, 2.05) is 26.0 Å². The van der Waals surface area contributed by atoms with E-state index in [1.54, 1.807) is 10.7 Å². The molecule has 18 heavy (non-hydrogen) atoms. The molecule has 0 N–H and O–H groups in total. The molecule has 0 fully saturated rings. The van der Waals surface area contributed by atoms with Crippen LogP contribution in [0.1, 0.15) is 28.5 Å². The van der Waals surface area contributed by atoms with E-state index in [-0.39, 0.29) is 5.78 Å². The minimum atomic E-state index is -0.119. The second-order valence-electron chi connectivity index (χ2n) is 3.97. The van der Waals surface area contributed by atoms with Gasteiger partial charge in [0.15, 0.2) is 0 Å². The average Bonchev–Trinajstić information content (AvgIpc) is 2.69. The van der Waals surface area contributed by atoms with Crippen LogP contribution < -0.4 is 0 Å². The van der Waals surface area contributed by atoms with E-state index >= 15 is 0 Å². The number of hydrogen-bond donors (Lipinski definition) is 0. The van der Waals surface area contributed by atoms with E-state index in [0.717, 1.165) is 10.0 Å². The number of carbonyl (C=O) groups is 1. The van der Waals surface area contributed by atoms with Gasteiger partial charge in [0.1, 0.15) is 5.69 Å². The molecule has 0 unspecified atom stereocenters. The molecular weight excluding hydrogens is 316 g/mol. The lowest BCUT2D eigenvalue weighted by Crippen LogP contribution is -2.11. The third-order valence-corrected chi connectivity index (χ3v) is 3.61. The van der Waals surface area contributed by atoms with E-state index in [2.05, 4.69) is 21.0 Å². The first-order valence-corrected chi connectivity index (χ1v) is 6.73. The standard InChI is InChI=1S/C13H12BrClN2O/c1-3-17-12(11(15)7-16-17)13(18)9-5-4-8(2)6-10(9)14/h4-7H,3H2,1-2H3. The maximum absolute atomic E-state index is 12.5. The summed E-state index contributed by atoms with van der Waals surface area (Å²) in [6.07, 6.45) is 1.50. The van der Waals surface area contributed by atoms with Crippen LogP contribution in [0, 0.1) is 6.92 Å². The van der Waals surface area contributed by atoms with Crippen molar-refractivity contribution in [1.82, 2.24) is 9.78 Å². The predicted molar refractivity (Wildman–Crippen MR) is 75.2 cm³/mol. The Bertz CT molecular complexity index is 607. The Morgan fingerprint density at radius 3 is 2.83 bits per heavy atom. The fraction of sp³-hybridized carbons (Fsp3) is 0.231. The largest absolute Gasteiger partial charge is 0.287 e. The molecule has 1 heterocycles. The van der Waals surface area contributed by atoms with E-state index in [0.29, 0.717) is 22.8 Å². The van der Waals surface area contributed by atoms with Crippen molar-refractivity contribution in [3.05, 3.63) is 50.7 Å². The zero-order valence-electron chi connectivity index (χ0n) is 10.1. The maximum atomic E-state index is 12.5. The van der Waals surface area contributed by atoms with Crippen molar-refractivity contribution in [2.75, 3.05) is 0 Å². The zero-order chi connectivity index (χ0) is 13.3. The Morgan fingerprint density at radius 1 is 1.50 bits per heavy atom. The molecule has 0 aliphatic carbocycles. The van der Waals surface area contributed by atoms with Crippen LogP contribution in [0.15, 0.2) is 28.9 Å². The molecule has 0 aliphatic rings. The molecule has 3 nitrogen and oxygen atoms in total. The Kier molecular flexibility index (Phi) is 3.88. The maximum Gasteiger partial charge on any atom is 0.213 e. The number of ketones is 1. The molecule has 0 saturated carbocycles. The lowest BCUT2D eigenvalue weighted by atomic mass is 10.1. The third-order valence-electron chi connectivity index (χ3n) is 2.68. The zero-order valence-corrected chi connectivity index (χ0v) is 12.4. The third kappa shape index (κ3) is 2.35. The molecule has 1 aromatic carbocycles. The molecular formula is C13H12BrClN2O. The van der Waals surface area contributed by atoms with Gasteiger partial charge >= 0.3 is 0 Å². The smallest absolute Gasteiger partial charge is 0.213 e.